The van der Waals surface area contributed by atoms with Gasteiger partial charge in [-0.25, -0.2) is 9.59 Å². The van der Waals surface area contributed by atoms with Crippen LogP contribution in [0.5, 0.6) is 0 Å². The Hall–Kier alpha value is -4.28. The molecule has 0 aromatic heterocycles. The van der Waals surface area contributed by atoms with E-state index in [0.717, 1.165) is 30.2 Å². The number of hydrogen-bond acceptors (Lipinski definition) is 9. The van der Waals surface area contributed by atoms with Crippen molar-refractivity contribution in [2.45, 2.75) is 88.7 Å². The molecule has 2 atom stereocenters. The number of fused-ring (bicyclic) bond motifs is 1. The fourth-order valence-electron chi connectivity index (χ4n) is 8.12. The van der Waals surface area contributed by atoms with Crippen LogP contribution in [0.3, 0.4) is 0 Å². The number of halogens is 4. The first-order valence-corrected chi connectivity index (χ1v) is 19.9. The Labute approximate surface area is 329 Å². The van der Waals surface area contributed by atoms with E-state index in [1.807, 2.05) is 31.2 Å². The van der Waals surface area contributed by atoms with Crippen molar-refractivity contribution in [3.8, 4) is 0 Å². The second-order valence-electron chi connectivity index (χ2n) is 14.9. The van der Waals surface area contributed by atoms with Crippen LogP contribution >= 0.6 is 11.6 Å². The Kier molecular flexibility index (Phi) is 13.5. The minimum atomic E-state index is -4.80. The third kappa shape index (κ3) is 9.80. The summed E-state index contributed by atoms with van der Waals surface area (Å²) >= 11 is 6.14. The molecule has 0 unspecified atom stereocenters. The molecule has 4 N–H and O–H groups in total. The maximum absolute atomic E-state index is 14.2. The van der Waals surface area contributed by atoms with Crippen LogP contribution in [0.4, 0.5) is 34.1 Å². The number of esters is 1. The molecule has 0 aliphatic carbocycles. The number of piperidine rings is 2. The van der Waals surface area contributed by atoms with Crippen molar-refractivity contribution in [2.24, 2.45) is 0 Å². The average Bonchev–Trinajstić information content (AvgIpc) is 3.36. The third-order valence-electron chi connectivity index (χ3n) is 11.3. The highest BCUT2D eigenvalue weighted by atomic mass is 35.5. The van der Waals surface area contributed by atoms with Crippen molar-refractivity contribution in [3.63, 3.8) is 0 Å². The number of nitrogens with one attached hydrogen (secondary N) is 2. The molecule has 4 heterocycles. The van der Waals surface area contributed by atoms with Crippen molar-refractivity contribution < 1.29 is 41.8 Å². The van der Waals surface area contributed by atoms with Gasteiger partial charge in [-0.3, -0.25) is 14.5 Å². The first-order valence-electron chi connectivity index (χ1n) is 19.5. The molecule has 306 valence electrons. The van der Waals surface area contributed by atoms with Crippen LogP contribution in [-0.2, 0) is 38.1 Å². The second-order valence-corrected chi connectivity index (χ2v) is 15.3. The number of amides is 4. The summed E-state index contributed by atoms with van der Waals surface area (Å²) in [5, 5.41) is 5.92. The summed E-state index contributed by atoms with van der Waals surface area (Å²) < 4.78 is 53.1. The first-order chi connectivity index (χ1) is 26.8. The number of nitrogen functional groups attached to an aromatic ring is 1. The number of carbonyl (C=O) groups excluding carboxylic acids is 4. The van der Waals surface area contributed by atoms with Crippen LogP contribution in [0, 0.1) is 0 Å². The van der Waals surface area contributed by atoms with Gasteiger partial charge in [0.25, 0.3) is 5.91 Å². The number of para-hydroxylation sites is 1. The van der Waals surface area contributed by atoms with E-state index in [-0.39, 0.29) is 54.2 Å². The topological polar surface area (TPSA) is 150 Å². The molecule has 0 saturated carbocycles. The number of likely N-dealkylation sites (tertiary alicyclic amines) is 2. The van der Waals surface area contributed by atoms with Gasteiger partial charge in [0.1, 0.15) is 6.04 Å². The van der Waals surface area contributed by atoms with Gasteiger partial charge in [0.05, 0.1) is 22.9 Å². The van der Waals surface area contributed by atoms with Gasteiger partial charge in [0.15, 0.2) is 6.10 Å². The number of rotatable bonds is 10. The summed E-state index contributed by atoms with van der Waals surface area (Å²) in [6.07, 6.45) is -2.97. The van der Waals surface area contributed by atoms with Crippen LogP contribution in [0.25, 0.3) is 0 Å². The van der Waals surface area contributed by atoms with E-state index in [9.17, 15) is 32.3 Å². The molecule has 4 aliphatic rings. The number of anilines is 2. The average molecular weight is 806 g/mol. The van der Waals surface area contributed by atoms with Crippen LogP contribution < -0.4 is 16.4 Å². The van der Waals surface area contributed by atoms with Gasteiger partial charge < -0.3 is 40.5 Å². The maximum atomic E-state index is 14.2. The zero-order valence-electron chi connectivity index (χ0n) is 31.6. The van der Waals surface area contributed by atoms with Crippen LogP contribution in [0.15, 0.2) is 36.4 Å². The number of nitrogens with zero attached hydrogens (tertiary/aromatic N) is 4. The maximum Gasteiger partial charge on any atom is 0.418 e. The monoisotopic (exact) mass is 805 g/mol. The highest BCUT2D eigenvalue weighted by Gasteiger charge is 2.40. The van der Waals surface area contributed by atoms with E-state index in [1.54, 1.807) is 9.80 Å². The summed E-state index contributed by atoms with van der Waals surface area (Å²) in [6.45, 7) is 5.81. The SMILES string of the molecule is CCCCOC(=O)[C@@H]1CNCCN1C1CCN(C(=O)[C@@H](Cc2cc(Cl)c(N)c(C(F)(F)F)c2)OC(=O)N2CCC(N3CCc4ccccc4NC3=O)CC2)CC1. The van der Waals surface area contributed by atoms with Gasteiger partial charge in [0.2, 0.25) is 0 Å². The number of carbonyl (C=O) groups is 4. The summed E-state index contributed by atoms with van der Waals surface area (Å²) in [5.41, 5.74) is 5.77. The minimum absolute atomic E-state index is 0.00197. The standard InChI is InChI=1S/C39H51ClF3N7O6/c1-2-3-20-55-36(52)32-24-45-13-19-49(32)27-9-14-47(15-10-27)35(51)33(23-25-21-29(39(41,42)43)34(44)30(40)22-25)56-38(54)48-16-11-28(12-17-48)50-18-8-26-6-4-5-7-31(26)46-37(50)53/h4-7,21-22,27-28,32-33,45H,2-3,8-20,23-24,44H2,1H3,(H,46,53)/t32-,33+/m0/s1. The highest BCUT2D eigenvalue weighted by Crippen LogP contribution is 2.38. The summed E-state index contributed by atoms with van der Waals surface area (Å²) in [4.78, 5) is 60.9. The van der Waals surface area contributed by atoms with Gasteiger partial charge in [-0.05, 0) is 67.9 Å². The quantitative estimate of drug-likeness (QED) is 0.168. The first kappa shape index (κ1) is 41.4. The molecule has 0 spiro atoms. The Balaban J connectivity index is 1.12. The molecule has 3 saturated heterocycles. The summed E-state index contributed by atoms with van der Waals surface area (Å²) in [5.74, 6) is -0.814. The molecule has 6 rings (SSSR count). The molecule has 0 bridgehead atoms. The molecule has 17 heteroatoms. The molecular formula is C39H51ClF3N7O6. The summed E-state index contributed by atoms with van der Waals surface area (Å²) in [6, 6.07) is 8.96. The molecule has 3 fully saturated rings. The van der Waals surface area contributed by atoms with E-state index in [1.165, 1.54) is 11.0 Å². The third-order valence-corrected chi connectivity index (χ3v) is 11.6. The lowest BCUT2D eigenvalue weighted by molar-refractivity contribution is -0.153. The minimum Gasteiger partial charge on any atom is -0.464 e. The molecule has 4 aliphatic heterocycles. The molecule has 0 radical (unpaired) electrons. The number of hydrogen-bond donors (Lipinski definition) is 3. The van der Waals surface area contributed by atoms with Crippen molar-refractivity contribution in [2.75, 3.05) is 70.0 Å². The van der Waals surface area contributed by atoms with Crippen molar-refractivity contribution in [1.29, 1.82) is 0 Å². The number of nitrogens with two attached hydrogens (primary N) is 1. The second kappa shape index (κ2) is 18.3. The Bertz CT molecular complexity index is 1730. The Morgan fingerprint density at radius 2 is 1.68 bits per heavy atom. The fourth-order valence-corrected chi connectivity index (χ4v) is 8.37. The van der Waals surface area contributed by atoms with Gasteiger partial charge >= 0.3 is 24.3 Å². The lowest BCUT2D eigenvalue weighted by atomic mass is 9.98. The molecular weight excluding hydrogens is 755 g/mol. The van der Waals surface area contributed by atoms with Gasteiger partial charge in [0, 0.05) is 76.5 Å². The molecule has 2 aromatic carbocycles. The van der Waals surface area contributed by atoms with E-state index in [2.05, 4.69) is 15.5 Å². The molecule has 56 heavy (non-hydrogen) atoms. The van der Waals surface area contributed by atoms with Gasteiger partial charge in [-0.15, -0.1) is 0 Å². The normalized spacial score (nSPS) is 20.8. The predicted octanol–water partition coefficient (Wildman–Crippen LogP) is 5.15. The van der Waals surface area contributed by atoms with E-state index in [4.69, 9.17) is 26.8 Å². The number of ether oxygens (including phenoxy) is 2. The number of alkyl halides is 3. The summed E-state index contributed by atoms with van der Waals surface area (Å²) in [7, 11) is 0. The van der Waals surface area contributed by atoms with Crippen LogP contribution in [-0.4, -0.2) is 127 Å². The van der Waals surface area contributed by atoms with E-state index >= 15 is 0 Å². The van der Waals surface area contributed by atoms with Crippen LogP contribution in [0.2, 0.25) is 5.02 Å². The van der Waals surface area contributed by atoms with Crippen LogP contribution in [0.1, 0.15) is 62.1 Å². The highest BCUT2D eigenvalue weighted by molar-refractivity contribution is 6.33. The van der Waals surface area contributed by atoms with E-state index in [0.29, 0.717) is 78.0 Å². The fraction of sp³-hybridized carbons (Fsp3) is 0.590. The number of urea groups is 1. The lowest BCUT2D eigenvalue weighted by Gasteiger charge is -2.44. The largest absolute Gasteiger partial charge is 0.464 e. The smallest absolute Gasteiger partial charge is 0.418 e. The lowest BCUT2D eigenvalue weighted by Crippen LogP contribution is -2.61. The molecule has 4 amide bonds. The van der Waals surface area contributed by atoms with E-state index < -0.39 is 41.6 Å². The van der Waals surface area contributed by atoms with Crippen molar-refractivity contribution in [1.82, 2.24) is 24.9 Å². The number of benzene rings is 2. The molecule has 2 aromatic rings. The predicted molar refractivity (Wildman–Crippen MR) is 204 cm³/mol. The Morgan fingerprint density at radius 3 is 2.39 bits per heavy atom. The zero-order chi connectivity index (χ0) is 40.0. The van der Waals surface area contributed by atoms with Gasteiger partial charge in [-0.1, -0.05) is 43.1 Å². The van der Waals surface area contributed by atoms with Gasteiger partial charge in [-0.2, -0.15) is 13.2 Å². The number of piperazine rings is 1. The number of unbranched alkanes of at least 4 members (excludes halogenated alkanes) is 1. The van der Waals surface area contributed by atoms with Crippen molar-refractivity contribution >= 4 is 47.0 Å². The Morgan fingerprint density at radius 1 is 0.982 bits per heavy atom. The zero-order valence-corrected chi connectivity index (χ0v) is 32.4. The van der Waals surface area contributed by atoms with Crippen molar-refractivity contribution in [3.05, 3.63) is 58.1 Å². The molecule has 13 nitrogen and oxygen atoms in total.